The van der Waals surface area contributed by atoms with Gasteiger partial charge in [0.25, 0.3) is 10.0 Å². The molecule has 0 radical (unpaired) electrons. The van der Waals surface area contributed by atoms with Crippen molar-refractivity contribution in [1.82, 2.24) is 9.29 Å². The first-order valence-electron chi connectivity index (χ1n) is 7.57. The standard InChI is InChI=1S/C18H16ClFN2O2S/c1-21-12-15-16(20)17(13-8-4-2-5-9-13)22(18(15)19)25(23,24)14-10-6-3-7-11-14/h2-11,21H,12H2,1H3. The van der Waals surface area contributed by atoms with Crippen LogP contribution >= 0.6 is 11.6 Å². The molecular formula is C18H16ClFN2O2S. The van der Waals surface area contributed by atoms with E-state index in [4.69, 9.17) is 11.6 Å². The third-order valence-corrected chi connectivity index (χ3v) is 6.00. The minimum absolute atomic E-state index is 0.0417. The lowest BCUT2D eigenvalue weighted by molar-refractivity contribution is 0.585. The molecule has 3 aromatic rings. The summed E-state index contributed by atoms with van der Waals surface area (Å²) in [5.74, 6) is -0.648. The van der Waals surface area contributed by atoms with Crippen LogP contribution in [-0.2, 0) is 16.6 Å². The molecule has 0 spiro atoms. The summed E-state index contributed by atoms with van der Waals surface area (Å²) < 4.78 is 42.2. The Morgan fingerprint density at radius 3 is 2.16 bits per heavy atom. The molecule has 0 bridgehead atoms. The average molecular weight is 379 g/mol. The van der Waals surface area contributed by atoms with E-state index in [2.05, 4.69) is 5.32 Å². The fourth-order valence-corrected chi connectivity index (χ4v) is 4.60. The fourth-order valence-electron chi connectivity index (χ4n) is 2.63. The summed E-state index contributed by atoms with van der Waals surface area (Å²) in [7, 11) is -2.41. The molecule has 1 N–H and O–H groups in total. The summed E-state index contributed by atoms with van der Waals surface area (Å²) >= 11 is 6.30. The number of halogens is 2. The van der Waals surface area contributed by atoms with Crippen LogP contribution in [-0.4, -0.2) is 19.4 Å². The molecule has 0 unspecified atom stereocenters. The number of rotatable bonds is 5. The maximum absolute atomic E-state index is 15.1. The molecule has 0 saturated carbocycles. The average Bonchev–Trinajstić information content (AvgIpc) is 2.89. The highest BCUT2D eigenvalue weighted by molar-refractivity contribution is 7.90. The van der Waals surface area contributed by atoms with Crippen LogP contribution in [0.25, 0.3) is 11.3 Å². The van der Waals surface area contributed by atoms with Crippen molar-refractivity contribution in [2.24, 2.45) is 0 Å². The lowest BCUT2D eigenvalue weighted by Crippen LogP contribution is -2.15. The van der Waals surface area contributed by atoms with Crippen molar-refractivity contribution in [2.45, 2.75) is 11.4 Å². The molecule has 0 aliphatic rings. The molecule has 2 aromatic carbocycles. The first-order valence-corrected chi connectivity index (χ1v) is 9.39. The smallest absolute Gasteiger partial charge is 0.269 e. The van der Waals surface area contributed by atoms with E-state index in [1.54, 1.807) is 55.6 Å². The molecule has 3 rings (SSSR count). The Labute approximate surface area is 150 Å². The molecule has 0 saturated heterocycles. The highest BCUT2D eigenvalue weighted by atomic mass is 35.5. The van der Waals surface area contributed by atoms with E-state index in [0.717, 1.165) is 3.97 Å². The second kappa shape index (κ2) is 7.00. The number of aromatic nitrogens is 1. The predicted molar refractivity (Wildman–Crippen MR) is 96.6 cm³/mol. The van der Waals surface area contributed by atoms with Gasteiger partial charge in [0, 0.05) is 17.7 Å². The van der Waals surface area contributed by atoms with Gasteiger partial charge in [-0.25, -0.2) is 16.8 Å². The van der Waals surface area contributed by atoms with E-state index in [0.29, 0.717) is 5.56 Å². The van der Waals surface area contributed by atoms with E-state index in [9.17, 15) is 8.42 Å². The van der Waals surface area contributed by atoms with Gasteiger partial charge in [0.15, 0.2) is 5.82 Å². The molecule has 0 amide bonds. The van der Waals surface area contributed by atoms with Crippen LogP contribution in [0.4, 0.5) is 4.39 Å². The van der Waals surface area contributed by atoms with E-state index in [1.807, 2.05) is 0 Å². The zero-order chi connectivity index (χ0) is 18.0. The Hall–Kier alpha value is -2.15. The molecule has 4 nitrogen and oxygen atoms in total. The SMILES string of the molecule is CNCc1c(F)c(-c2ccccc2)n(S(=O)(=O)c2ccccc2)c1Cl. The molecule has 1 aromatic heterocycles. The van der Waals surface area contributed by atoms with Crippen molar-refractivity contribution in [1.29, 1.82) is 0 Å². The van der Waals surface area contributed by atoms with Crippen LogP contribution in [0.3, 0.4) is 0 Å². The fraction of sp³-hybridized carbons (Fsp3) is 0.111. The van der Waals surface area contributed by atoms with Gasteiger partial charge >= 0.3 is 0 Å². The van der Waals surface area contributed by atoms with Crippen LogP contribution in [0.5, 0.6) is 0 Å². The molecule has 0 aliphatic carbocycles. The van der Waals surface area contributed by atoms with Gasteiger partial charge in [0.05, 0.1) is 4.90 Å². The highest BCUT2D eigenvalue weighted by Crippen LogP contribution is 2.36. The third-order valence-electron chi connectivity index (χ3n) is 3.79. The highest BCUT2D eigenvalue weighted by Gasteiger charge is 2.30. The molecular weight excluding hydrogens is 363 g/mol. The van der Waals surface area contributed by atoms with Crippen molar-refractivity contribution in [3.8, 4) is 11.3 Å². The first-order chi connectivity index (χ1) is 12.0. The van der Waals surface area contributed by atoms with Gasteiger partial charge in [0.1, 0.15) is 10.8 Å². The lowest BCUT2D eigenvalue weighted by atomic mass is 10.1. The van der Waals surface area contributed by atoms with Crippen LogP contribution < -0.4 is 5.32 Å². The zero-order valence-electron chi connectivity index (χ0n) is 13.4. The number of nitrogens with zero attached hydrogens (tertiary/aromatic N) is 1. The van der Waals surface area contributed by atoms with Gasteiger partial charge < -0.3 is 5.32 Å². The number of benzene rings is 2. The van der Waals surface area contributed by atoms with Crippen molar-refractivity contribution >= 4 is 21.6 Å². The van der Waals surface area contributed by atoms with Gasteiger partial charge in [-0.15, -0.1) is 0 Å². The number of nitrogens with one attached hydrogen (secondary N) is 1. The van der Waals surface area contributed by atoms with Crippen molar-refractivity contribution in [2.75, 3.05) is 7.05 Å². The van der Waals surface area contributed by atoms with E-state index in [1.165, 1.54) is 12.1 Å². The molecule has 0 aliphatic heterocycles. The molecule has 0 atom stereocenters. The minimum Gasteiger partial charge on any atom is -0.315 e. The Morgan fingerprint density at radius 1 is 1.04 bits per heavy atom. The van der Waals surface area contributed by atoms with Crippen LogP contribution in [0, 0.1) is 5.82 Å². The normalized spacial score (nSPS) is 11.6. The van der Waals surface area contributed by atoms with E-state index < -0.39 is 15.8 Å². The third kappa shape index (κ3) is 3.08. The summed E-state index contributed by atoms with van der Waals surface area (Å²) in [5.41, 5.74) is 0.478. The summed E-state index contributed by atoms with van der Waals surface area (Å²) in [6.45, 7) is 0.113. The van der Waals surface area contributed by atoms with Gasteiger partial charge in [-0.3, -0.25) is 0 Å². The first kappa shape index (κ1) is 17.7. The minimum atomic E-state index is -4.05. The Kier molecular flexibility index (Phi) is 4.94. The topological polar surface area (TPSA) is 51.1 Å². The molecule has 25 heavy (non-hydrogen) atoms. The Bertz CT molecular complexity index is 987. The maximum atomic E-state index is 15.1. The summed E-state index contributed by atoms with van der Waals surface area (Å²) in [6, 6.07) is 16.3. The summed E-state index contributed by atoms with van der Waals surface area (Å²) in [6.07, 6.45) is 0. The Balaban J connectivity index is 2.35. The quantitative estimate of drug-likeness (QED) is 0.732. The molecule has 0 fully saturated rings. The van der Waals surface area contributed by atoms with Crippen LogP contribution in [0.1, 0.15) is 5.56 Å². The van der Waals surface area contributed by atoms with Crippen LogP contribution in [0.15, 0.2) is 65.6 Å². The van der Waals surface area contributed by atoms with Crippen LogP contribution in [0.2, 0.25) is 5.15 Å². The maximum Gasteiger partial charge on any atom is 0.269 e. The van der Waals surface area contributed by atoms with Crippen molar-refractivity contribution in [3.05, 3.63) is 77.2 Å². The second-order valence-electron chi connectivity index (χ2n) is 5.41. The van der Waals surface area contributed by atoms with Gasteiger partial charge in [-0.1, -0.05) is 60.1 Å². The summed E-state index contributed by atoms with van der Waals surface area (Å²) in [5, 5.41) is 2.66. The molecule has 1 heterocycles. The lowest BCUT2D eigenvalue weighted by Gasteiger charge is -2.12. The van der Waals surface area contributed by atoms with Gasteiger partial charge in [0.2, 0.25) is 0 Å². The summed E-state index contributed by atoms with van der Waals surface area (Å²) in [4.78, 5) is 0.0417. The van der Waals surface area contributed by atoms with E-state index >= 15 is 4.39 Å². The number of hydrogen-bond acceptors (Lipinski definition) is 3. The second-order valence-corrected chi connectivity index (χ2v) is 7.56. The largest absolute Gasteiger partial charge is 0.315 e. The number of hydrogen-bond donors (Lipinski definition) is 1. The Morgan fingerprint density at radius 2 is 1.60 bits per heavy atom. The van der Waals surface area contributed by atoms with Gasteiger partial charge in [-0.2, -0.15) is 0 Å². The molecule has 130 valence electrons. The van der Waals surface area contributed by atoms with Gasteiger partial charge in [-0.05, 0) is 19.2 Å². The van der Waals surface area contributed by atoms with E-state index in [-0.39, 0.29) is 27.9 Å². The predicted octanol–water partition coefficient (Wildman–Crippen LogP) is 3.90. The van der Waals surface area contributed by atoms with Crippen molar-refractivity contribution in [3.63, 3.8) is 0 Å². The zero-order valence-corrected chi connectivity index (χ0v) is 15.0. The monoisotopic (exact) mass is 378 g/mol. The molecule has 7 heteroatoms. The van der Waals surface area contributed by atoms with Crippen molar-refractivity contribution < 1.29 is 12.8 Å².